The Morgan fingerprint density at radius 2 is 2.12 bits per heavy atom. The second kappa shape index (κ2) is 4.69. The van der Waals surface area contributed by atoms with Crippen LogP contribution in [-0.2, 0) is 4.74 Å². The van der Waals surface area contributed by atoms with E-state index in [2.05, 4.69) is 51.2 Å². The lowest BCUT2D eigenvalue weighted by molar-refractivity contribution is -0.00911. The molecular formula is C15H23NO. The summed E-state index contributed by atoms with van der Waals surface area (Å²) < 4.78 is 5.98. The van der Waals surface area contributed by atoms with E-state index >= 15 is 0 Å². The Morgan fingerprint density at radius 3 is 2.76 bits per heavy atom. The lowest BCUT2D eigenvalue weighted by atomic mass is 10.1. The highest BCUT2D eigenvalue weighted by Crippen LogP contribution is 2.29. The Morgan fingerprint density at radius 1 is 1.35 bits per heavy atom. The molecule has 0 radical (unpaired) electrons. The van der Waals surface area contributed by atoms with E-state index in [1.165, 1.54) is 16.8 Å². The van der Waals surface area contributed by atoms with Gasteiger partial charge in [0, 0.05) is 12.2 Å². The molecule has 2 heteroatoms. The Balaban J connectivity index is 1.93. The first kappa shape index (κ1) is 12.4. The summed E-state index contributed by atoms with van der Waals surface area (Å²) in [6, 6.07) is 6.39. The first-order valence-corrected chi connectivity index (χ1v) is 6.46. The molecule has 0 bridgehead atoms. The van der Waals surface area contributed by atoms with Crippen LogP contribution in [-0.4, -0.2) is 18.2 Å². The van der Waals surface area contributed by atoms with Crippen LogP contribution in [0.25, 0.3) is 0 Å². The van der Waals surface area contributed by atoms with Crippen LogP contribution in [0.3, 0.4) is 0 Å². The van der Waals surface area contributed by atoms with E-state index in [1.807, 2.05) is 0 Å². The van der Waals surface area contributed by atoms with Gasteiger partial charge in [-0.2, -0.15) is 0 Å². The number of anilines is 1. The second-order valence-corrected chi connectivity index (χ2v) is 5.67. The van der Waals surface area contributed by atoms with Crippen molar-refractivity contribution in [2.75, 3.05) is 11.9 Å². The summed E-state index contributed by atoms with van der Waals surface area (Å²) >= 11 is 0. The third kappa shape index (κ3) is 3.01. The number of aryl methyl sites for hydroxylation is 1. The largest absolute Gasteiger partial charge is 0.382 e. The van der Waals surface area contributed by atoms with Crippen molar-refractivity contribution in [2.45, 2.75) is 52.2 Å². The van der Waals surface area contributed by atoms with Gasteiger partial charge in [0.2, 0.25) is 0 Å². The molecule has 2 rings (SSSR count). The SMILES string of the molecule is Cc1cccc(NCC2CCC(C)(C)O2)c1C. The fourth-order valence-electron chi connectivity index (χ4n) is 2.39. The van der Waals surface area contributed by atoms with Crippen molar-refractivity contribution in [3.8, 4) is 0 Å². The summed E-state index contributed by atoms with van der Waals surface area (Å²) in [6.45, 7) is 9.57. The molecule has 0 saturated carbocycles. The number of nitrogens with one attached hydrogen (secondary N) is 1. The average Bonchev–Trinajstić information content (AvgIpc) is 2.61. The summed E-state index contributed by atoms with van der Waals surface area (Å²) in [5, 5.41) is 3.51. The molecule has 1 N–H and O–H groups in total. The van der Waals surface area contributed by atoms with Crippen LogP contribution < -0.4 is 5.32 Å². The highest BCUT2D eigenvalue weighted by Gasteiger charge is 2.31. The standard InChI is InChI=1S/C15H23NO/c1-11-6-5-7-14(12(11)2)16-10-13-8-9-15(3,4)17-13/h5-7,13,16H,8-10H2,1-4H3. The van der Waals surface area contributed by atoms with Crippen molar-refractivity contribution < 1.29 is 4.74 Å². The summed E-state index contributed by atoms with van der Waals surface area (Å²) in [5.74, 6) is 0. The van der Waals surface area contributed by atoms with E-state index in [-0.39, 0.29) is 5.60 Å². The van der Waals surface area contributed by atoms with Crippen molar-refractivity contribution in [3.05, 3.63) is 29.3 Å². The Bertz CT molecular complexity index is 398. The molecule has 0 amide bonds. The number of rotatable bonds is 3. The summed E-state index contributed by atoms with van der Waals surface area (Å²) in [6.07, 6.45) is 2.67. The van der Waals surface area contributed by atoms with Gasteiger partial charge in [0.25, 0.3) is 0 Å². The van der Waals surface area contributed by atoms with Gasteiger partial charge in [-0.15, -0.1) is 0 Å². The maximum absolute atomic E-state index is 5.98. The predicted octanol–water partition coefficient (Wildman–Crippen LogP) is 3.67. The van der Waals surface area contributed by atoms with E-state index in [9.17, 15) is 0 Å². The average molecular weight is 233 g/mol. The minimum Gasteiger partial charge on any atom is -0.382 e. The Hall–Kier alpha value is -1.02. The first-order chi connectivity index (χ1) is 7.98. The minimum absolute atomic E-state index is 0.0635. The van der Waals surface area contributed by atoms with Crippen molar-refractivity contribution >= 4 is 5.69 Å². The molecule has 1 fully saturated rings. The van der Waals surface area contributed by atoms with Crippen LogP contribution in [0.2, 0.25) is 0 Å². The van der Waals surface area contributed by atoms with Gasteiger partial charge < -0.3 is 10.1 Å². The zero-order valence-corrected chi connectivity index (χ0v) is 11.3. The molecule has 1 unspecified atom stereocenters. The van der Waals surface area contributed by atoms with Gasteiger partial charge in [-0.05, 0) is 57.7 Å². The fraction of sp³-hybridized carbons (Fsp3) is 0.600. The van der Waals surface area contributed by atoms with Crippen LogP contribution in [0.15, 0.2) is 18.2 Å². The first-order valence-electron chi connectivity index (χ1n) is 6.46. The van der Waals surface area contributed by atoms with Crippen LogP contribution in [0.5, 0.6) is 0 Å². The van der Waals surface area contributed by atoms with Gasteiger partial charge in [0.15, 0.2) is 0 Å². The molecule has 0 aromatic heterocycles. The number of hydrogen-bond acceptors (Lipinski definition) is 2. The molecule has 1 heterocycles. The molecule has 1 aliphatic rings. The Kier molecular flexibility index (Phi) is 3.43. The molecule has 1 aliphatic heterocycles. The summed E-state index contributed by atoms with van der Waals surface area (Å²) in [5.41, 5.74) is 3.97. The van der Waals surface area contributed by atoms with E-state index in [0.717, 1.165) is 19.4 Å². The Labute approximate surface area is 104 Å². The van der Waals surface area contributed by atoms with Gasteiger partial charge in [-0.25, -0.2) is 0 Å². The molecule has 2 nitrogen and oxygen atoms in total. The van der Waals surface area contributed by atoms with Crippen LogP contribution >= 0.6 is 0 Å². The minimum atomic E-state index is 0.0635. The van der Waals surface area contributed by atoms with Crippen molar-refractivity contribution in [1.29, 1.82) is 0 Å². The molecule has 0 aliphatic carbocycles. The number of benzene rings is 1. The zero-order chi connectivity index (χ0) is 12.5. The van der Waals surface area contributed by atoms with Crippen LogP contribution in [0.4, 0.5) is 5.69 Å². The smallest absolute Gasteiger partial charge is 0.0755 e. The van der Waals surface area contributed by atoms with E-state index in [0.29, 0.717) is 6.10 Å². The quantitative estimate of drug-likeness (QED) is 0.860. The molecule has 1 atom stereocenters. The highest BCUT2D eigenvalue weighted by atomic mass is 16.5. The lowest BCUT2D eigenvalue weighted by Gasteiger charge is -2.20. The van der Waals surface area contributed by atoms with E-state index in [4.69, 9.17) is 4.74 Å². The highest BCUT2D eigenvalue weighted by molar-refractivity contribution is 5.53. The third-order valence-corrected chi connectivity index (χ3v) is 3.68. The topological polar surface area (TPSA) is 21.3 Å². The predicted molar refractivity (Wildman–Crippen MR) is 72.6 cm³/mol. The van der Waals surface area contributed by atoms with E-state index < -0.39 is 0 Å². The maximum atomic E-state index is 5.98. The lowest BCUT2D eigenvalue weighted by Crippen LogP contribution is -2.25. The molecule has 1 aromatic rings. The van der Waals surface area contributed by atoms with Crippen LogP contribution in [0.1, 0.15) is 37.8 Å². The van der Waals surface area contributed by atoms with Crippen molar-refractivity contribution in [1.82, 2.24) is 0 Å². The number of ether oxygens (including phenoxy) is 1. The fourth-order valence-corrected chi connectivity index (χ4v) is 2.39. The van der Waals surface area contributed by atoms with Crippen molar-refractivity contribution in [2.24, 2.45) is 0 Å². The second-order valence-electron chi connectivity index (χ2n) is 5.67. The summed E-state index contributed by atoms with van der Waals surface area (Å²) in [7, 11) is 0. The number of hydrogen-bond donors (Lipinski definition) is 1. The van der Waals surface area contributed by atoms with Crippen molar-refractivity contribution in [3.63, 3.8) is 0 Å². The maximum Gasteiger partial charge on any atom is 0.0755 e. The zero-order valence-electron chi connectivity index (χ0n) is 11.3. The molecule has 0 spiro atoms. The van der Waals surface area contributed by atoms with E-state index in [1.54, 1.807) is 0 Å². The molecule has 1 aromatic carbocycles. The van der Waals surface area contributed by atoms with Gasteiger partial charge in [0.05, 0.1) is 11.7 Å². The summed E-state index contributed by atoms with van der Waals surface area (Å²) in [4.78, 5) is 0. The molecule has 17 heavy (non-hydrogen) atoms. The molecule has 1 saturated heterocycles. The van der Waals surface area contributed by atoms with Gasteiger partial charge >= 0.3 is 0 Å². The van der Waals surface area contributed by atoms with Crippen LogP contribution in [0, 0.1) is 13.8 Å². The van der Waals surface area contributed by atoms with Gasteiger partial charge in [-0.3, -0.25) is 0 Å². The molecular weight excluding hydrogens is 210 g/mol. The monoisotopic (exact) mass is 233 g/mol. The molecule has 94 valence electrons. The third-order valence-electron chi connectivity index (χ3n) is 3.68. The normalized spacial score (nSPS) is 22.7. The van der Waals surface area contributed by atoms with Gasteiger partial charge in [-0.1, -0.05) is 12.1 Å². The van der Waals surface area contributed by atoms with Gasteiger partial charge in [0.1, 0.15) is 0 Å².